The van der Waals surface area contributed by atoms with Crippen molar-refractivity contribution in [2.75, 3.05) is 0 Å². The first-order valence-corrected chi connectivity index (χ1v) is 6.13. The fourth-order valence-electron chi connectivity index (χ4n) is 2.29. The average molecular weight is 251 g/mol. The molecule has 0 aliphatic rings. The number of imidazole rings is 1. The van der Waals surface area contributed by atoms with E-state index in [-0.39, 0.29) is 11.2 Å². The van der Waals surface area contributed by atoms with Gasteiger partial charge in [-0.2, -0.15) is 0 Å². The van der Waals surface area contributed by atoms with Gasteiger partial charge in [-0.15, -0.1) is 0 Å². The van der Waals surface area contributed by atoms with Crippen LogP contribution in [0.15, 0.2) is 15.9 Å². The monoisotopic (exact) mass is 251 g/mol. The number of unbranched alkanes of at least 4 members (excludes halogenated alkanes) is 1. The van der Waals surface area contributed by atoms with E-state index in [9.17, 15) is 9.59 Å². The van der Waals surface area contributed by atoms with Crippen LogP contribution in [0.25, 0.3) is 11.2 Å². The zero-order chi connectivity index (χ0) is 13.4. The Morgan fingerprint density at radius 2 is 1.89 bits per heavy atom. The second kappa shape index (κ2) is 4.44. The van der Waals surface area contributed by atoms with Gasteiger partial charge in [-0.1, -0.05) is 13.3 Å². The van der Waals surface area contributed by atoms with Crippen LogP contribution < -0.4 is 15.8 Å². The molecule has 2 heterocycles. The minimum absolute atomic E-state index is 0.232. The predicted octanol–water partition coefficient (Wildman–Crippen LogP) is -0.337. The molecule has 0 atom stereocenters. The summed E-state index contributed by atoms with van der Waals surface area (Å²) in [7, 11) is 5.05. The van der Waals surface area contributed by atoms with Crippen LogP contribution in [-0.4, -0.2) is 13.7 Å². The Kier molecular flexibility index (Phi) is 3.11. The van der Waals surface area contributed by atoms with Crippen molar-refractivity contribution in [1.82, 2.24) is 13.7 Å². The summed E-state index contributed by atoms with van der Waals surface area (Å²) in [5.74, 6) is 0. The van der Waals surface area contributed by atoms with E-state index in [4.69, 9.17) is 0 Å². The van der Waals surface area contributed by atoms with E-state index in [1.54, 1.807) is 7.05 Å². The average Bonchev–Trinajstić information content (AvgIpc) is 2.68. The maximum Gasteiger partial charge on any atom is 0.388 e. The van der Waals surface area contributed by atoms with Crippen molar-refractivity contribution in [3.05, 3.63) is 27.2 Å². The molecule has 98 valence electrons. The smallest absolute Gasteiger partial charge is 0.265 e. The van der Waals surface area contributed by atoms with Gasteiger partial charge in [0.05, 0.1) is 20.6 Å². The van der Waals surface area contributed by atoms with Crippen molar-refractivity contribution in [2.45, 2.75) is 26.3 Å². The topological polar surface area (TPSA) is 52.8 Å². The lowest BCUT2D eigenvalue weighted by atomic mass is 10.3. The molecule has 2 rings (SSSR count). The van der Waals surface area contributed by atoms with Gasteiger partial charge in [0, 0.05) is 7.05 Å². The number of fused-ring (bicyclic) bond motifs is 1. The summed E-state index contributed by atoms with van der Waals surface area (Å²) in [6.45, 7) is 2.90. The predicted molar refractivity (Wildman–Crippen MR) is 68.5 cm³/mol. The molecule has 0 aliphatic heterocycles. The molecule has 6 nitrogen and oxygen atoms in total. The highest BCUT2D eigenvalue weighted by Crippen LogP contribution is 2.05. The van der Waals surface area contributed by atoms with E-state index in [1.165, 1.54) is 11.6 Å². The molecule has 0 unspecified atom stereocenters. The quantitative estimate of drug-likeness (QED) is 0.701. The van der Waals surface area contributed by atoms with E-state index in [0.29, 0.717) is 11.2 Å². The van der Waals surface area contributed by atoms with E-state index >= 15 is 0 Å². The Morgan fingerprint density at radius 3 is 2.50 bits per heavy atom. The highest BCUT2D eigenvalue weighted by atomic mass is 16.2. The molecule has 0 radical (unpaired) electrons. The van der Waals surface area contributed by atoms with Gasteiger partial charge in [0.15, 0.2) is 6.33 Å². The molecule has 18 heavy (non-hydrogen) atoms. The lowest BCUT2D eigenvalue weighted by molar-refractivity contribution is -0.648. The third-order valence-corrected chi connectivity index (χ3v) is 3.30. The molecule has 0 aromatic carbocycles. The van der Waals surface area contributed by atoms with Crippen molar-refractivity contribution in [3.8, 4) is 0 Å². The van der Waals surface area contributed by atoms with Gasteiger partial charge < -0.3 is 0 Å². The lowest BCUT2D eigenvalue weighted by Gasteiger charge is -2.00. The van der Waals surface area contributed by atoms with Crippen LogP contribution in [0.2, 0.25) is 0 Å². The summed E-state index contributed by atoms with van der Waals surface area (Å²) in [6.07, 6.45) is 3.95. The summed E-state index contributed by atoms with van der Waals surface area (Å²) in [6, 6.07) is 0. The van der Waals surface area contributed by atoms with Gasteiger partial charge >= 0.3 is 11.2 Å². The Balaban J connectivity index is 2.86. The summed E-state index contributed by atoms with van der Waals surface area (Å²) >= 11 is 0. The van der Waals surface area contributed by atoms with Crippen LogP contribution in [-0.2, 0) is 27.7 Å². The first kappa shape index (κ1) is 12.6. The van der Waals surface area contributed by atoms with E-state index in [1.807, 2.05) is 22.5 Å². The van der Waals surface area contributed by atoms with Gasteiger partial charge in [0.1, 0.15) is 0 Å². The van der Waals surface area contributed by atoms with Gasteiger partial charge in [-0.3, -0.25) is 9.36 Å². The normalized spacial score (nSPS) is 11.3. The zero-order valence-corrected chi connectivity index (χ0v) is 11.3. The second-order valence-electron chi connectivity index (χ2n) is 4.65. The maximum atomic E-state index is 12.2. The van der Waals surface area contributed by atoms with Crippen LogP contribution in [0.3, 0.4) is 0 Å². The minimum atomic E-state index is -0.295. The first-order chi connectivity index (χ1) is 8.49. The number of hydrogen-bond acceptors (Lipinski definition) is 2. The number of aryl methyl sites for hydroxylation is 3. The molecule has 0 N–H and O–H groups in total. The second-order valence-corrected chi connectivity index (χ2v) is 4.65. The molecule has 6 heteroatoms. The third-order valence-electron chi connectivity index (χ3n) is 3.30. The number of rotatable bonds is 3. The molecule has 0 saturated heterocycles. The summed E-state index contributed by atoms with van der Waals surface area (Å²) < 4.78 is 6.43. The Bertz CT molecular complexity index is 705. The Hall–Kier alpha value is -1.85. The molecule has 0 amide bonds. The van der Waals surface area contributed by atoms with Gasteiger partial charge in [-0.05, 0) is 6.42 Å². The summed E-state index contributed by atoms with van der Waals surface area (Å²) in [4.78, 5) is 24.1. The third kappa shape index (κ3) is 1.68. The van der Waals surface area contributed by atoms with Crippen molar-refractivity contribution in [3.63, 3.8) is 0 Å². The van der Waals surface area contributed by atoms with Gasteiger partial charge in [0.2, 0.25) is 5.52 Å². The molecular formula is C12H19N4O2+. The number of hydrogen-bond donors (Lipinski definition) is 0. The zero-order valence-electron chi connectivity index (χ0n) is 11.3. The largest absolute Gasteiger partial charge is 0.388 e. The summed E-state index contributed by atoms with van der Waals surface area (Å²) in [5, 5.41) is 0. The van der Waals surface area contributed by atoms with Crippen LogP contribution in [0.1, 0.15) is 19.8 Å². The molecular weight excluding hydrogens is 232 g/mol. The SMILES string of the molecule is CCCCn1c[n+](C)c2c1c(=O)n(C)c(=O)n2C. The fourth-order valence-corrected chi connectivity index (χ4v) is 2.29. The Morgan fingerprint density at radius 1 is 1.22 bits per heavy atom. The standard InChI is InChI=1S/C12H19N4O2/c1-5-6-7-16-8-13(2)10-9(16)11(17)15(4)12(18)14(10)3/h8H,5-7H2,1-4H3/q+1. The first-order valence-electron chi connectivity index (χ1n) is 6.13. The molecule has 2 aromatic heterocycles. The maximum absolute atomic E-state index is 12.2. The number of aromatic nitrogens is 4. The Labute approximate surface area is 105 Å². The number of nitrogens with zero attached hydrogens (tertiary/aromatic N) is 4. The highest BCUT2D eigenvalue weighted by Gasteiger charge is 2.22. The molecule has 0 bridgehead atoms. The summed E-state index contributed by atoms with van der Waals surface area (Å²) in [5.41, 5.74) is 0.732. The van der Waals surface area contributed by atoms with E-state index in [2.05, 4.69) is 6.92 Å². The highest BCUT2D eigenvalue weighted by molar-refractivity contribution is 5.66. The van der Waals surface area contributed by atoms with E-state index < -0.39 is 0 Å². The van der Waals surface area contributed by atoms with Crippen molar-refractivity contribution in [1.29, 1.82) is 0 Å². The molecule has 0 spiro atoms. The van der Waals surface area contributed by atoms with Crippen molar-refractivity contribution in [2.24, 2.45) is 21.1 Å². The van der Waals surface area contributed by atoms with Crippen LogP contribution in [0, 0.1) is 0 Å². The van der Waals surface area contributed by atoms with Crippen LogP contribution in [0.5, 0.6) is 0 Å². The van der Waals surface area contributed by atoms with Crippen molar-refractivity contribution >= 4 is 11.2 Å². The molecule has 0 fully saturated rings. The van der Waals surface area contributed by atoms with Crippen LogP contribution in [0.4, 0.5) is 0 Å². The van der Waals surface area contributed by atoms with Crippen LogP contribution >= 0.6 is 0 Å². The van der Waals surface area contributed by atoms with Gasteiger partial charge in [-0.25, -0.2) is 18.5 Å². The van der Waals surface area contributed by atoms with Gasteiger partial charge in [0.25, 0.3) is 5.65 Å². The fraction of sp³-hybridized carbons (Fsp3) is 0.583. The molecule has 2 aromatic rings. The van der Waals surface area contributed by atoms with E-state index in [0.717, 1.165) is 24.0 Å². The molecule has 0 aliphatic carbocycles. The lowest BCUT2D eigenvalue weighted by Crippen LogP contribution is -2.41. The van der Waals surface area contributed by atoms with Crippen molar-refractivity contribution < 1.29 is 4.57 Å². The molecule has 0 saturated carbocycles. The minimum Gasteiger partial charge on any atom is -0.265 e.